The van der Waals surface area contributed by atoms with Crippen molar-refractivity contribution in [2.75, 3.05) is 38.0 Å². The molecule has 1 atom stereocenters. The molecular weight excluding hydrogens is 276 g/mol. The molecule has 1 aliphatic rings. The van der Waals surface area contributed by atoms with Gasteiger partial charge in [0.2, 0.25) is 5.91 Å². The third kappa shape index (κ3) is 3.91. The number of hydrogen-bond donors (Lipinski definition) is 1. The number of carbonyl (C=O) groups is 1. The minimum absolute atomic E-state index is 0.0234. The second-order valence-electron chi connectivity index (χ2n) is 5.00. The molecule has 0 bridgehead atoms. The molecule has 2 heterocycles. The van der Waals surface area contributed by atoms with Crippen LogP contribution >= 0.6 is 11.6 Å². The Labute approximate surface area is 124 Å². The SMILES string of the molecule is CCN1CCN(C(C)C(=O)Nc2ccc(Cl)cn2)CC1. The summed E-state index contributed by atoms with van der Waals surface area (Å²) >= 11 is 5.77. The van der Waals surface area contributed by atoms with Crippen molar-refractivity contribution >= 4 is 23.3 Å². The lowest BCUT2D eigenvalue weighted by Gasteiger charge is -2.36. The van der Waals surface area contributed by atoms with Gasteiger partial charge in [0.25, 0.3) is 0 Å². The van der Waals surface area contributed by atoms with Gasteiger partial charge < -0.3 is 10.2 Å². The number of carbonyl (C=O) groups excluding carboxylic acids is 1. The second-order valence-corrected chi connectivity index (χ2v) is 5.43. The lowest BCUT2D eigenvalue weighted by atomic mass is 10.2. The summed E-state index contributed by atoms with van der Waals surface area (Å²) in [5, 5.41) is 3.39. The molecule has 5 nitrogen and oxygen atoms in total. The Morgan fingerprint density at radius 2 is 2.10 bits per heavy atom. The zero-order chi connectivity index (χ0) is 14.5. The van der Waals surface area contributed by atoms with E-state index in [1.807, 2.05) is 6.92 Å². The highest BCUT2D eigenvalue weighted by molar-refractivity contribution is 6.30. The summed E-state index contributed by atoms with van der Waals surface area (Å²) in [6, 6.07) is 3.28. The summed E-state index contributed by atoms with van der Waals surface area (Å²) in [7, 11) is 0. The molecule has 6 heteroatoms. The van der Waals surface area contributed by atoms with Crippen LogP contribution in [0.25, 0.3) is 0 Å². The number of rotatable bonds is 4. The molecule has 0 aromatic carbocycles. The van der Waals surface area contributed by atoms with Crippen molar-refractivity contribution in [2.45, 2.75) is 19.9 Å². The minimum atomic E-state index is -0.147. The predicted octanol–water partition coefficient (Wildman–Crippen LogP) is 1.70. The molecule has 1 saturated heterocycles. The van der Waals surface area contributed by atoms with Crippen molar-refractivity contribution in [2.24, 2.45) is 0 Å². The van der Waals surface area contributed by atoms with Crippen LogP contribution in [0.15, 0.2) is 18.3 Å². The van der Waals surface area contributed by atoms with Gasteiger partial charge in [-0.2, -0.15) is 0 Å². The van der Waals surface area contributed by atoms with Gasteiger partial charge in [-0.05, 0) is 25.6 Å². The van der Waals surface area contributed by atoms with Gasteiger partial charge in [-0.25, -0.2) is 4.98 Å². The van der Waals surface area contributed by atoms with Crippen molar-refractivity contribution in [3.63, 3.8) is 0 Å². The number of halogens is 1. The number of pyridine rings is 1. The van der Waals surface area contributed by atoms with Crippen LogP contribution in [0.5, 0.6) is 0 Å². The van der Waals surface area contributed by atoms with E-state index in [9.17, 15) is 4.79 Å². The van der Waals surface area contributed by atoms with Gasteiger partial charge in [-0.15, -0.1) is 0 Å². The van der Waals surface area contributed by atoms with Crippen LogP contribution in [0.3, 0.4) is 0 Å². The van der Waals surface area contributed by atoms with Crippen LogP contribution in [0.1, 0.15) is 13.8 Å². The largest absolute Gasteiger partial charge is 0.309 e. The van der Waals surface area contributed by atoms with E-state index in [4.69, 9.17) is 11.6 Å². The maximum Gasteiger partial charge on any atom is 0.242 e. The average molecular weight is 297 g/mol. The smallest absolute Gasteiger partial charge is 0.242 e. The Morgan fingerprint density at radius 1 is 1.40 bits per heavy atom. The number of amides is 1. The van der Waals surface area contributed by atoms with Crippen molar-refractivity contribution < 1.29 is 4.79 Å². The fourth-order valence-electron chi connectivity index (χ4n) is 2.31. The number of nitrogens with zero attached hydrogens (tertiary/aromatic N) is 3. The Bertz CT molecular complexity index is 443. The molecule has 0 radical (unpaired) electrons. The standard InChI is InChI=1S/C14H21ClN4O/c1-3-18-6-8-19(9-7-18)11(2)14(20)17-13-5-4-12(15)10-16-13/h4-5,10-11H,3,6-9H2,1-2H3,(H,16,17,20). The third-order valence-electron chi connectivity index (χ3n) is 3.76. The molecule has 110 valence electrons. The normalized spacial score (nSPS) is 18.8. The first kappa shape index (κ1) is 15.2. The number of anilines is 1. The van der Waals surface area contributed by atoms with E-state index in [0.29, 0.717) is 10.8 Å². The number of piperazine rings is 1. The maximum absolute atomic E-state index is 12.2. The number of aromatic nitrogens is 1. The fraction of sp³-hybridized carbons (Fsp3) is 0.571. The van der Waals surface area contributed by atoms with Gasteiger partial charge in [-0.3, -0.25) is 9.69 Å². The lowest BCUT2D eigenvalue weighted by Crippen LogP contribution is -2.52. The number of nitrogens with one attached hydrogen (secondary N) is 1. The van der Waals surface area contributed by atoms with Crippen LogP contribution in [-0.2, 0) is 4.79 Å². The average Bonchev–Trinajstić information content (AvgIpc) is 2.49. The zero-order valence-electron chi connectivity index (χ0n) is 12.0. The molecule has 0 spiro atoms. The van der Waals surface area contributed by atoms with Crippen molar-refractivity contribution in [3.8, 4) is 0 Å². The highest BCUT2D eigenvalue weighted by Gasteiger charge is 2.25. The monoisotopic (exact) mass is 296 g/mol. The predicted molar refractivity (Wildman–Crippen MR) is 81.0 cm³/mol. The summed E-state index contributed by atoms with van der Waals surface area (Å²) in [5.41, 5.74) is 0. The minimum Gasteiger partial charge on any atom is -0.309 e. The summed E-state index contributed by atoms with van der Waals surface area (Å²) in [6.45, 7) is 9.07. The molecular formula is C14H21ClN4O. The van der Waals surface area contributed by atoms with E-state index in [0.717, 1.165) is 32.7 Å². The van der Waals surface area contributed by atoms with E-state index >= 15 is 0 Å². The molecule has 1 unspecified atom stereocenters. The summed E-state index contributed by atoms with van der Waals surface area (Å²) < 4.78 is 0. The molecule has 1 N–H and O–H groups in total. The van der Waals surface area contributed by atoms with Crippen molar-refractivity contribution in [1.29, 1.82) is 0 Å². The summed E-state index contributed by atoms with van der Waals surface area (Å²) in [5.74, 6) is 0.517. The molecule has 0 aliphatic carbocycles. The third-order valence-corrected chi connectivity index (χ3v) is 3.98. The van der Waals surface area contributed by atoms with Crippen molar-refractivity contribution in [1.82, 2.24) is 14.8 Å². The van der Waals surface area contributed by atoms with Gasteiger partial charge >= 0.3 is 0 Å². The molecule has 2 rings (SSSR count). The topological polar surface area (TPSA) is 48.5 Å². The molecule has 1 aliphatic heterocycles. The summed E-state index contributed by atoms with van der Waals surface area (Å²) in [4.78, 5) is 20.9. The number of hydrogen-bond acceptors (Lipinski definition) is 4. The molecule has 20 heavy (non-hydrogen) atoms. The quantitative estimate of drug-likeness (QED) is 0.919. The van der Waals surface area contributed by atoms with E-state index in [1.165, 1.54) is 6.20 Å². The highest BCUT2D eigenvalue weighted by atomic mass is 35.5. The van der Waals surface area contributed by atoms with E-state index in [1.54, 1.807) is 12.1 Å². The van der Waals surface area contributed by atoms with Crippen LogP contribution < -0.4 is 5.32 Å². The Kier molecular flexibility index (Phi) is 5.34. The van der Waals surface area contributed by atoms with Crippen molar-refractivity contribution in [3.05, 3.63) is 23.4 Å². The molecule has 0 saturated carbocycles. The number of likely N-dealkylation sites (N-methyl/N-ethyl adjacent to an activating group) is 1. The maximum atomic E-state index is 12.2. The van der Waals surface area contributed by atoms with Gasteiger partial charge in [-0.1, -0.05) is 18.5 Å². The molecule has 1 aromatic rings. The van der Waals surface area contributed by atoms with E-state index < -0.39 is 0 Å². The molecule has 1 aromatic heterocycles. The molecule has 1 amide bonds. The van der Waals surface area contributed by atoms with Crippen LogP contribution in [-0.4, -0.2) is 59.5 Å². The fourth-order valence-corrected chi connectivity index (χ4v) is 2.42. The van der Waals surface area contributed by atoms with Gasteiger partial charge in [0, 0.05) is 32.4 Å². The molecule has 1 fully saturated rings. The first-order valence-corrected chi connectivity index (χ1v) is 7.36. The van der Waals surface area contributed by atoms with Crippen LogP contribution in [0, 0.1) is 0 Å². The zero-order valence-corrected chi connectivity index (χ0v) is 12.7. The first-order valence-electron chi connectivity index (χ1n) is 6.99. The van der Waals surface area contributed by atoms with Gasteiger partial charge in [0.05, 0.1) is 11.1 Å². The van der Waals surface area contributed by atoms with E-state index in [2.05, 4.69) is 27.0 Å². The Hall–Kier alpha value is -1.17. The Balaban J connectivity index is 1.87. The van der Waals surface area contributed by atoms with Gasteiger partial charge in [0.1, 0.15) is 5.82 Å². The van der Waals surface area contributed by atoms with Crippen LogP contribution in [0.2, 0.25) is 5.02 Å². The highest BCUT2D eigenvalue weighted by Crippen LogP contribution is 2.12. The first-order chi connectivity index (χ1) is 9.60. The second kappa shape index (κ2) is 7.02. The lowest BCUT2D eigenvalue weighted by molar-refractivity contribution is -0.121. The van der Waals surface area contributed by atoms with Gasteiger partial charge in [0.15, 0.2) is 0 Å². The van der Waals surface area contributed by atoms with Crippen LogP contribution in [0.4, 0.5) is 5.82 Å². The Morgan fingerprint density at radius 3 is 2.65 bits per heavy atom. The summed E-state index contributed by atoms with van der Waals surface area (Å²) in [6.07, 6.45) is 1.53. The van der Waals surface area contributed by atoms with E-state index in [-0.39, 0.29) is 11.9 Å².